The lowest BCUT2D eigenvalue weighted by molar-refractivity contribution is 0.301. The highest BCUT2D eigenvalue weighted by molar-refractivity contribution is 6.30. The van der Waals surface area contributed by atoms with Crippen LogP contribution >= 0.6 is 11.6 Å². The zero-order valence-electron chi connectivity index (χ0n) is 17.9. The first-order valence-corrected chi connectivity index (χ1v) is 10.8. The molecule has 0 amide bonds. The minimum atomic E-state index is -0.0968. The van der Waals surface area contributed by atoms with Gasteiger partial charge in [0.15, 0.2) is 0 Å². The Morgan fingerprint density at radius 1 is 1.00 bits per heavy atom. The summed E-state index contributed by atoms with van der Waals surface area (Å²) in [6.07, 6.45) is 1.79. The van der Waals surface area contributed by atoms with Gasteiger partial charge in [0.05, 0.1) is 29.3 Å². The minimum Gasteiger partial charge on any atom is -0.487 e. The van der Waals surface area contributed by atoms with Crippen LogP contribution < -0.4 is 10.3 Å². The molecule has 33 heavy (non-hydrogen) atoms. The SMILES string of the molecule is Cc1nc2ccc(OCc3cn(-c4ccc(Cl)cc4)nn3)cc2c(=O)n1Cc1ccccc1. The van der Waals surface area contributed by atoms with E-state index in [1.54, 1.807) is 45.8 Å². The van der Waals surface area contributed by atoms with Crippen LogP contribution in [0.2, 0.25) is 5.02 Å². The van der Waals surface area contributed by atoms with Gasteiger partial charge in [0.1, 0.15) is 23.9 Å². The van der Waals surface area contributed by atoms with Gasteiger partial charge in [0.25, 0.3) is 5.56 Å². The maximum Gasteiger partial charge on any atom is 0.261 e. The Morgan fingerprint density at radius 2 is 1.79 bits per heavy atom. The van der Waals surface area contributed by atoms with E-state index in [0.717, 1.165) is 11.3 Å². The van der Waals surface area contributed by atoms with Gasteiger partial charge >= 0.3 is 0 Å². The predicted molar refractivity (Wildman–Crippen MR) is 127 cm³/mol. The molecule has 0 saturated heterocycles. The molecule has 0 aliphatic carbocycles. The summed E-state index contributed by atoms with van der Waals surface area (Å²) in [5.74, 6) is 1.24. The van der Waals surface area contributed by atoms with Crippen LogP contribution in [0.4, 0.5) is 0 Å². The van der Waals surface area contributed by atoms with E-state index in [2.05, 4.69) is 15.3 Å². The quantitative estimate of drug-likeness (QED) is 0.373. The number of rotatable bonds is 6. The number of hydrogen-bond donors (Lipinski definition) is 0. The van der Waals surface area contributed by atoms with Gasteiger partial charge in [-0.05, 0) is 55.0 Å². The monoisotopic (exact) mass is 457 g/mol. The number of benzene rings is 3. The number of nitrogens with zero attached hydrogens (tertiary/aromatic N) is 5. The second-order valence-electron chi connectivity index (χ2n) is 7.63. The Labute approximate surface area is 194 Å². The summed E-state index contributed by atoms with van der Waals surface area (Å²) < 4.78 is 9.24. The van der Waals surface area contributed by atoms with Crippen molar-refractivity contribution in [1.29, 1.82) is 0 Å². The molecule has 0 bridgehead atoms. The van der Waals surface area contributed by atoms with Gasteiger partial charge in [0.2, 0.25) is 0 Å². The second-order valence-corrected chi connectivity index (χ2v) is 8.07. The summed E-state index contributed by atoms with van der Waals surface area (Å²) in [4.78, 5) is 17.8. The van der Waals surface area contributed by atoms with Crippen molar-refractivity contribution in [1.82, 2.24) is 24.5 Å². The lowest BCUT2D eigenvalue weighted by Gasteiger charge is -2.12. The Balaban J connectivity index is 1.37. The van der Waals surface area contributed by atoms with E-state index in [1.165, 1.54) is 0 Å². The standard InChI is InChI=1S/C25H20ClN5O2/c1-17-27-24-12-11-22(13-23(24)25(32)30(17)14-18-5-3-2-4-6-18)33-16-20-15-31(29-28-20)21-9-7-19(26)8-10-21/h2-13,15H,14,16H2,1H3. The molecule has 3 aromatic carbocycles. The van der Waals surface area contributed by atoms with E-state index >= 15 is 0 Å². The summed E-state index contributed by atoms with van der Waals surface area (Å²) >= 11 is 5.94. The fourth-order valence-electron chi connectivity index (χ4n) is 3.59. The van der Waals surface area contributed by atoms with Crippen molar-refractivity contribution in [3.63, 3.8) is 0 Å². The average Bonchev–Trinajstić information content (AvgIpc) is 3.31. The molecule has 8 heteroatoms. The first kappa shape index (κ1) is 20.9. The van der Waals surface area contributed by atoms with Crippen molar-refractivity contribution < 1.29 is 4.74 Å². The molecule has 0 atom stereocenters. The van der Waals surface area contributed by atoms with Crippen LogP contribution in [-0.4, -0.2) is 24.5 Å². The maximum absolute atomic E-state index is 13.2. The first-order chi connectivity index (χ1) is 16.1. The molecule has 0 aliphatic heterocycles. The Kier molecular flexibility index (Phi) is 5.62. The van der Waals surface area contributed by atoms with E-state index in [9.17, 15) is 4.79 Å². The van der Waals surface area contributed by atoms with Crippen molar-refractivity contribution >= 4 is 22.5 Å². The van der Waals surface area contributed by atoms with Crippen molar-refractivity contribution in [2.24, 2.45) is 0 Å². The molecule has 0 unspecified atom stereocenters. The molecule has 0 saturated carbocycles. The molecule has 2 heterocycles. The van der Waals surface area contributed by atoms with Gasteiger partial charge < -0.3 is 4.74 Å². The van der Waals surface area contributed by atoms with Gasteiger partial charge in [-0.1, -0.05) is 47.1 Å². The number of hydrogen-bond acceptors (Lipinski definition) is 5. The average molecular weight is 458 g/mol. The molecule has 5 rings (SSSR count). The van der Waals surface area contributed by atoms with Crippen molar-refractivity contribution in [3.8, 4) is 11.4 Å². The van der Waals surface area contributed by atoms with E-state index in [-0.39, 0.29) is 12.2 Å². The third kappa shape index (κ3) is 4.49. The summed E-state index contributed by atoms with van der Waals surface area (Å²) in [7, 11) is 0. The third-order valence-corrected chi connectivity index (χ3v) is 5.57. The molecule has 7 nitrogen and oxygen atoms in total. The Hall–Kier alpha value is -3.97. The van der Waals surface area contributed by atoms with Crippen molar-refractivity contribution in [3.05, 3.63) is 111 Å². The van der Waals surface area contributed by atoms with Gasteiger partial charge in [0, 0.05) is 5.02 Å². The molecule has 0 aliphatic rings. The summed E-state index contributed by atoms with van der Waals surface area (Å²) in [5.41, 5.74) is 3.10. The normalized spacial score (nSPS) is 11.1. The molecular weight excluding hydrogens is 438 g/mol. The van der Waals surface area contributed by atoms with Gasteiger partial charge in [-0.15, -0.1) is 5.10 Å². The molecule has 164 valence electrons. The highest BCUT2D eigenvalue weighted by Crippen LogP contribution is 2.19. The molecular formula is C25H20ClN5O2. The third-order valence-electron chi connectivity index (χ3n) is 5.32. The number of aryl methyl sites for hydroxylation is 1. The highest BCUT2D eigenvalue weighted by atomic mass is 35.5. The van der Waals surface area contributed by atoms with Gasteiger partial charge in [-0.3, -0.25) is 9.36 Å². The molecule has 0 N–H and O–H groups in total. The van der Waals surface area contributed by atoms with E-state index in [1.807, 2.05) is 49.4 Å². The van der Waals surface area contributed by atoms with Crippen LogP contribution in [0.25, 0.3) is 16.6 Å². The van der Waals surface area contributed by atoms with Gasteiger partial charge in [-0.25, -0.2) is 9.67 Å². The second kappa shape index (κ2) is 8.88. The van der Waals surface area contributed by atoms with E-state index < -0.39 is 0 Å². The van der Waals surface area contributed by atoms with E-state index in [4.69, 9.17) is 16.3 Å². The number of fused-ring (bicyclic) bond motifs is 1. The van der Waals surface area contributed by atoms with Crippen LogP contribution in [0.3, 0.4) is 0 Å². The molecule has 0 radical (unpaired) electrons. The Morgan fingerprint density at radius 3 is 2.58 bits per heavy atom. The predicted octanol–water partition coefficient (Wildman–Crippen LogP) is 4.57. The lowest BCUT2D eigenvalue weighted by Crippen LogP contribution is -2.24. The maximum atomic E-state index is 13.2. The summed E-state index contributed by atoms with van der Waals surface area (Å²) in [5, 5.41) is 9.46. The van der Waals surface area contributed by atoms with Crippen LogP contribution in [0, 0.1) is 6.92 Å². The fourth-order valence-corrected chi connectivity index (χ4v) is 3.72. The van der Waals surface area contributed by atoms with Crippen molar-refractivity contribution in [2.45, 2.75) is 20.1 Å². The van der Waals surface area contributed by atoms with Gasteiger partial charge in [-0.2, -0.15) is 0 Å². The van der Waals surface area contributed by atoms with E-state index in [0.29, 0.717) is 39.7 Å². The van der Waals surface area contributed by atoms with Crippen LogP contribution in [-0.2, 0) is 13.2 Å². The first-order valence-electron chi connectivity index (χ1n) is 10.4. The largest absolute Gasteiger partial charge is 0.487 e. The Bertz CT molecular complexity index is 1480. The summed E-state index contributed by atoms with van der Waals surface area (Å²) in [6.45, 7) is 2.53. The van der Waals surface area contributed by atoms with Crippen LogP contribution in [0.15, 0.2) is 83.8 Å². The van der Waals surface area contributed by atoms with Crippen molar-refractivity contribution in [2.75, 3.05) is 0 Å². The van der Waals surface area contributed by atoms with Crippen LogP contribution in [0.1, 0.15) is 17.1 Å². The molecule has 5 aromatic rings. The zero-order valence-corrected chi connectivity index (χ0v) is 18.6. The summed E-state index contributed by atoms with van der Waals surface area (Å²) in [6, 6.07) is 22.5. The molecule has 2 aromatic heterocycles. The molecule has 0 fully saturated rings. The molecule has 0 spiro atoms. The fraction of sp³-hybridized carbons (Fsp3) is 0.120. The number of ether oxygens (including phenoxy) is 1. The van der Waals surface area contributed by atoms with Crippen LogP contribution in [0.5, 0.6) is 5.75 Å². The zero-order chi connectivity index (χ0) is 22.8. The smallest absolute Gasteiger partial charge is 0.261 e. The number of aromatic nitrogens is 5. The highest BCUT2D eigenvalue weighted by Gasteiger charge is 2.11. The lowest BCUT2D eigenvalue weighted by atomic mass is 10.2. The number of halogens is 1. The minimum absolute atomic E-state index is 0.0968. The topological polar surface area (TPSA) is 74.8 Å².